The van der Waals surface area contributed by atoms with Crippen LogP contribution in [-0.4, -0.2) is 53.7 Å². The van der Waals surface area contributed by atoms with E-state index in [-0.39, 0.29) is 12.1 Å². The zero-order valence-electron chi connectivity index (χ0n) is 18.8. The molecule has 1 aliphatic rings. The lowest BCUT2D eigenvalue weighted by molar-refractivity contribution is 0.261. The van der Waals surface area contributed by atoms with Crippen molar-refractivity contribution in [1.82, 2.24) is 20.1 Å². The zero-order chi connectivity index (χ0) is 22.5. The lowest BCUT2D eigenvalue weighted by Gasteiger charge is -2.26. The van der Waals surface area contributed by atoms with Crippen LogP contribution in [-0.2, 0) is 0 Å². The standard InChI is InChI=1S/C25H30N4O2S/c1-4-30-19-11-9-18(10-12-19)21-13-14-22(31-21)24-23(20-8-5-6-15-26-20)27-25(32)29(24)17-7-16-28(2)3/h5-6,8-15,23-24H,4,7,16-17H2,1-3H3,(H,27,32)/t23-,24-/m0/s1. The van der Waals surface area contributed by atoms with Gasteiger partial charge in [0, 0.05) is 18.3 Å². The molecule has 1 fully saturated rings. The second kappa shape index (κ2) is 10.1. The van der Waals surface area contributed by atoms with Crippen LogP contribution >= 0.6 is 12.2 Å². The number of benzene rings is 1. The number of hydrogen-bond acceptors (Lipinski definition) is 5. The van der Waals surface area contributed by atoms with Crippen molar-refractivity contribution in [1.29, 1.82) is 0 Å². The highest BCUT2D eigenvalue weighted by Crippen LogP contribution is 2.40. The predicted molar refractivity (Wildman–Crippen MR) is 131 cm³/mol. The molecule has 1 aromatic carbocycles. The summed E-state index contributed by atoms with van der Waals surface area (Å²) in [6, 6.07) is 17.9. The van der Waals surface area contributed by atoms with Crippen LogP contribution in [0.5, 0.6) is 5.75 Å². The van der Waals surface area contributed by atoms with Gasteiger partial charge in [-0.1, -0.05) is 6.07 Å². The van der Waals surface area contributed by atoms with Crippen molar-refractivity contribution < 1.29 is 9.15 Å². The molecule has 2 atom stereocenters. The maximum absolute atomic E-state index is 6.39. The van der Waals surface area contributed by atoms with Crippen molar-refractivity contribution in [2.75, 3.05) is 33.8 Å². The van der Waals surface area contributed by atoms with E-state index in [0.29, 0.717) is 6.61 Å². The summed E-state index contributed by atoms with van der Waals surface area (Å²) in [5, 5.41) is 4.22. The number of rotatable bonds is 9. The highest BCUT2D eigenvalue weighted by Gasteiger charge is 2.41. The van der Waals surface area contributed by atoms with Gasteiger partial charge in [-0.25, -0.2) is 0 Å². The van der Waals surface area contributed by atoms with E-state index in [4.69, 9.17) is 21.4 Å². The lowest BCUT2D eigenvalue weighted by Crippen LogP contribution is -2.32. The Bertz CT molecular complexity index is 1020. The van der Waals surface area contributed by atoms with Gasteiger partial charge in [-0.15, -0.1) is 0 Å². The maximum Gasteiger partial charge on any atom is 0.170 e. The Morgan fingerprint density at radius 3 is 2.62 bits per heavy atom. The fourth-order valence-electron chi connectivity index (χ4n) is 4.06. The molecule has 3 heterocycles. The first kappa shape index (κ1) is 22.3. The molecule has 1 aliphatic heterocycles. The smallest absolute Gasteiger partial charge is 0.170 e. The fraction of sp³-hybridized carbons (Fsp3) is 0.360. The molecule has 6 nitrogen and oxygen atoms in total. The number of aromatic nitrogens is 1. The summed E-state index contributed by atoms with van der Waals surface area (Å²) in [4.78, 5) is 9.02. The molecule has 0 radical (unpaired) electrons. The summed E-state index contributed by atoms with van der Waals surface area (Å²) in [7, 11) is 4.18. The van der Waals surface area contributed by atoms with Crippen LogP contribution in [0.2, 0.25) is 0 Å². The van der Waals surface area contributed by atoms with Gasteiger partial charge in [-0.05, 0) is 94.7 Å². The number of pyridine rings is 1. The summed E-state index contributed by atoms with van der Waals surface area (Å²) in [6.45, 7) is 4.47. The number of ether oxygens (including phenoxy) is 1. The Labute approximate surface area is 195 Å². The van der Waals surface area contributed by atoms with E-state index in [2.05, 4.69) is 40.3 Å². The second-order valence-corrected chi connectivity index (χ2v) is 8.52. The first-order valence-electron chi connectivity index (χ1n) is 11.0. The average Bonchev–Trinajstić information content (AvgIpc) is 3.40. The van der Waals surface area contributed by atoms with Gasteiger partial charge in [0.25, 0.3) is 0 Å². The van der Waals surface area contributed by atoms with Crippen molar-refractivity contribution in [3.63, 3.8) is 0 Å². The van der Waals surface area contributed by atoms with Gasteiger partial charge < -0.3 is 24.3 Å². The van der Waals surface area contributed by atoms with Crippen molar-refractivity contribution in [3.05, 3.63) is 72.2 Å². The number of nitrogens with one attached hydrogen (secondary N) is 1. The van der Waals surface area contributed by atoms with Gasteiger partial charge in [0.05, 0.1) is 18.3 Å². The quantitative estimate of drug-likeness (QED) is 0.476. The van der Waals surface area contributed by atoms with Crippen molar-refractivity contribution in [2.24, 2.45) is 0 Å². The molecule has 0 bridgehead atoms. The average molecular weight is 451 g/mol. The molecular weight excluding hydrogens is 420 g/mol. The third kappa shape index (κ3) is 4.95. The SMILES string of the molecule is CCOc1ccc(-c2ccc([C@H]3[C@H](c4ccccn4)NC(=S)N3CCCN(C)C)o2)cc1. The molecule has 4 rings (SSSR count). The van der Waals surface area contributed by atoms with Crippen LogP contribution in [0.15, 0.2) is 65.2 Å². The van der Waals surface area contributed by atoms with Gasteiger partial charge in [0.1, 0.15) is 23.3 Å². The Kier molecular flexibility index (Phi) is 7.07. The van der Waals surface area contributed by atoms with Gasteiger partial charge in [-0.3, -0.25) is 4.98 Å². The fourth-order valence-corrected chi connectivity index (χ4v) is 4.39. The molecule has 3 aromatic rings. The normalized spacial score (nSPS) is 18.2. The molecule has 0 amide bonds. The Balaban J connectivity index is 1.62. The zero-order valence-corrected chi connectivity index (χ0v) is 19.6. The minimum atomic E-state index is -0.0672. The number of nitrogens with zero attached hydrogens (tertiary/aromatic N) is 3. The van der Waals surface area contributed by atoms with Crippen LogP contribution in [0.25, 0.3) is 11.3 Å². The topological polar surface area (TPSA) is 53.8 Å². The third-order valence-corrected chi connectivity index (χ3v) is 5.92. The third-order valence-electron chi connectivity index (χ3n) is 5.57. The van der Waals surface area contributed by atoms with Crippen LogP contribution in [0, 0.1) is 0 Å². The lowest BCUT2D eigenvalue weighted by atomic mass is 10.0. The first-order chi connectivity index (χ1) is 15.6. The summed E-state index contributed by atoms with van der Waals surface area (Å²) in [6.07, 6.45) is 2.83. The van der Waals surface area contributed by atoms with E-state index in [1.807, 2.05) is 61.7 Å². The van der Waals surface area contributed by atoms with Crippen LogP contribution < -0.4 is 10.1 Å². The first-order valence-corrected chi connectivity index (χ1v) is 11.4. The minimum Gasteiger partial charge on any atom is -0.494 e. The van der Waals surface area contributed by atoms with Crippen molar-refractivity contribution in [3.8, 4) is 17.1 Å². The van der Waals surface area contributed by atoms with E-state index in [9.17, 15) is 0 Å². The number of hydrogen-bond donors (Lipinski definition) is 1. The summed E-state index contributed by atoms with van der Waals surface area (Å²) < 4.78 is 11.9. The van der Waals surface area contributed by atoms with Crippen molar-refractivity contribution >= 4 is 17.3 Å². The van der Waals surface area contributed by atoms with E-state index >= 15 is 0 Å². The van der Waals surface area contributed by atoms with E-state index in [1.54, 1.807) is 0 Å². The van der Waals surface area contributed by atoms with E-state index in [1.165, 1.54) is 0 Å². The molecule has 0 spiro atoms. The summed E-state index contributed by atoms with van der Waals surface area (Å²) in [5.41, 5.74) is 1.97. The molecule has 168 valence electrons. The predicted octanol–water partition coefficient (Wildman–Crippen LogP) is 4.66. The molecule has 1 N–H and O–H groups in total. The molecule has 7 heteroatoms. The van der Waals surface area contributed by atoms with Gasteiger partial charge in [0.2, 0.25) is 0 Å². The Morgan fingerprint density at radius 2 is 1.94 bits per heavy atom. The monoisotopic (exact) mass is 450 g/mol. The second-order valence-electron chi connectivity index (χ2n) is 8.14. The van der Waals surface area contributed by atoms with Crippen LogP contribution in [0.1, 0.15) is 36.9 Å². The maximum atomic E-state index is 6.39. The highest BCUT2D eigenvalue weighted by atomic mass is 32.1. The van der Waals surface area contributed by atoms with Crippen LogP contribution in [0.4, 0.5) is 0 Å². The summed E-state index contributed by atoms with van der Waals surface area (Å²) in [5.74, 6) is 2.56. The van der Waals surface area contributed by atoms with Gasteiger partial charge in [0.15, 0.2) is 5.11 Å². The Morgan fingerprint density at radius 1 is 1.12 bits per heavy atom. The van der Waals surface area contributed by atoms with Crippen LogP contribution in [0.3, 0.4) is 0 Å². The number of furan rings is 1. The Hall–Kier alpha value is -2.90. The number of thiocarbonyl (C=S) groups is 1. The molecule has 1 saturated heterocycles. The largest absolute Gasteiger partial charge is 0.494 e. The van der Waals surface area contributed by atoms with E-state index < -0.39 is 0 Å². The molecule has 2 aromatic heterocycles. The van der Waals surface area contributed by atoms with Gasteiger partial charge in [-0.2, -0.15) is 0 Å². The molecule has 0 saturated carbocycles. The van der Waals surface area contributed by atoms with E-state index in [0.717, 1.165) is 53.2 Å². The molecular formula is C25H30N4O2S. The minimum absolute atomic E-state index is 0.0592. The molecule has 32 heavy (non-hydrogen) atoms. The highest BCUT2D eigenvalue weighted by molar-refractivity contribution is 7.80. The van der Waals surface area contributed by atoms with Crippen molar-refractivity contribution in [2.45, 2.75) is 25.4 Å². The molecule has 0 aliphatic carbocycles. The summed E-state index contributed by atoms with van der Waals surface area (Å²) >= 11 is 5.73. The van der Waals surface area contributed by atoms with Gasteiger partial charge >= 0.3 is 0 Å². The molecule has 0 unspecified atom stereocenters.